The van der Waals surface area contributed by atoms with Crippen LogP contribution in [0.4, 0.5) is 10.1 Å². The Morgan fingerprint density at radius 2 is 2.09 bits per heavy atom. The number of esters is 1. The Labute approximate surface area is 135 Å². The molecule has 0 aliphatic carbocycles. The Kier molecular flexibility index (Phi) is 5.97. The average molecular weight is 339 g/mol. The number of halogens is 1. The molecule has 0 aliphatic rings. The van der Waals surface area contributed by atoms with E-state index in [1.54, 1.807) is 29.6 Å². The number of thiophene rings is 1. The molecule has 4 nitrogen and oxygen atoms in total. The van der Waals surface area contributed by atoms with Gasteiger partial charge in [-0.1, -0.05) is 12.1 Å². The lowest BCUT2D eigenvalue weighted by molar-refractivity contribution is -0.115. The number of hydrogen-bond donors (Lipinski definition) is 1. The highest BCUT2D eigenvalue weighted by Crippen LogP contribution is 2.24. The van der Waals surface area contributed by atoms with Gasteiger partial charge in [0.1, 0.15) is 10.7 Å². The maximum atomic E-state index is 13.4. The molecule has 0 bridgehead atoms. The number of carbonyl (C=O) groups is 2. The van der Waals surface area contributed by atoms with Gasteiger partial charge in [-0.05, 0) is 23.6 Å². The Balaban J connectivity index is 1.85. The summed E-state index contributed by atoms with van der Waals surface area (Å²) >= 11 is 2.48. The average Bonchev–Trinajstić information content (AvgIpc) is 2.96. The SMILES string of the molecule is COC(=O)c1sccc1NC(=O)CCSc1ccccc1F. The normalized spacial score (nSPS) is 10.3. The van der Waals surface area contributed by atoms with E-state index in [-0.39, 0.29) is 18.1 Å². The second-order valence-corrected chi connectivity index (χ2v) is 6.28. The summed E-state index contributed by atoms with van der Waals surface area (Å²) in [5.74, 6) is -0.554. The van der Waals surface area contributed by atoms with Crippen LogP contribution in [0.25, 0.3) is 0 Å². The molecule has 2 aromatic rings. The van der Waals surface area contributed by atoms with Crippen LogP contribution in [0, 0.1) is 5.82 Å². The van der Waals surface area contributed by atoms with Crippen molar-refractivity contribution in [1.82, 2.24) is 0 Å². The van der Waals surface area contributed by atoms with Gasteiger partial charge in [0.15, 0.2) is 0 Å². The number of nitrogens with one attached hydrogen (secondary N) is 1. The highest BCUT2D eigenvalue weighted by Gasteiger charge is 2.15. The highest BCUT2D eigenvalue weighted by atomic mass is 32.2. The molecule has 0 fully saturated rings. The zero-order valence-electron chi connectivity index (χ0n) is 11.8. The maximum absolute atomic E-state index is 13.4. The highest BCUT2D eigenvalue weighted by molar-refractivity contribution is 7.99. The van der Waals surface area contributed by atoms with Crippen molar-refractivity contribution in [2.75, 3.05) is 18.2 Å². The van der Waals surface area contributed by atoms with Crippen molar-refractivity contribution >= 4 is 40.7 Å². The first-order chi connectivity index (χ1) is 10.6. The molecule has 0 unspecified atom stereocenters. The van der Waals surface area contributed by atoms with Gasteiger partial charge in [0.25, 0.3) is 0 Å². The van der Waals surface area contributed by atoms with Gasteiger partial charge in [0, 0.05) is 17.1 Å². The maximum Gasteiger partial charge on any atom is 0.350 e. The summed E-state index contributed by atoms with van der Waals surface area (Å²) in [5, 5.41) is 4.37. The van der Waals surface area contributed by atoms with Crippen molar-refractivity contribution in [2.24, 2.45) is 0 Å². The number of ether oxygens (including phenoxy) is 1. The van der Waals surface area contributed by atoms with E-state index in [1.165, 1.54) is 36.3 Å². The first-order valence-corrected chi connectivity index (χ1v) is 8.31. The molecule has 1 N–H and O–H groups in total. The van der Waals surface area contributed by atoms with Gasteiger partial charge >= 0.3 is 5.97 Å². The fourth-order valence-corrected chi connectivity index (χ4v) is 3.34. The summed E-state index contributed by atoms with van der Waals surface area (Å²) in [7, 11) is 1.29. The number of benzene rings is 1. The number of carbonyl (C=O) groups excluding carboxylic acids is 2. The minimum atomic E-state index is -0.481. The third-order valence-corrected chi connectivity index (χ3v) is 4.68. The first kappa shape index (κ1) is 16.5. The predicted octanol–water partition coefficient (Wildman–Crippen LogP) is 3.79. The van der Waals surface area contributed by atoms with Crippen LogP contribution in [0.3, 0.4) is 0 Å². The first-order valence-electron chi connectivity index (χ1n) is 6.45. The molecule has 1 aromatic carbocycles. The van der Waals surface area contributed by atoms with Gasteiger partial charge in [-0.15, -0.1) is 23.1 Å². The molecule has 0 radical (unpaired) electrons. The standard InChI is InChI=1S/C15H14FNO3S2/c1-20-15(19)14-11(6-8-22-14)17-13(18)7-9-21-12-5-3-2-4-10(12)16/h2-6,8H,7,9H2,1H3,(H,17,18). The second kappa shape index (κ2) is 7.95. The molecule has 116 valence electrons. The van der Waals surface area contributed by atoms with Crippen LogP contribution in [0.15, 0.2) is 40.6 Å². The van der Waals surface area contributed by atoms with E-state index in [0.717, 1.165) is 0 Å². The Hall–Kier alpha value is -1.86. The van der Waals surface area contributed by atoms with E-state index in [0.29, 0.717) is 21.2 Å². The quantitative estimate of drug-likeness (QED) is 0.642. The van der Waals surface area contributed by atoms with Crippen LogP contribution in [0.1, 0.15) is 16.1 Å². The largest absolute Gasteiger partial charge is 0.465 e. The molecule has 0 saturated heterocycles. The fourth-order valence-electron chi connectivity index (χ4n) is 1.69. The van der Waals surface area contributed by atoms with E-state index in [1.807, 2.05) is 0 Å². The fraction of sp³-hybridized carbons (Fsp3) is 0.200. The topological polar surface area (TPSA) is 55.4 Å². The van der Waals surface area contributed by atoms with Crippen molar-refractivity contribution in [2.45, 2.75) is 11.3 Å². The number of anilines is 1. The van der Waals surface area contributed by atoms with Crippen molar-refractivity contribution in [3.05, 3.63) is 46.4 Å². The van der Waals surface area contributed by atoms with Gasteiger partial charge in [0.2, 0.25) is 5.91 Å². The van der Waals surface area contributed by atoms with Crippen molar-refractivity contribution in [3.63, 3.8) is 0 Å². The van der Waals surface area contributed by atoms with Crippen molar-refractivity contribution < 1.29 is 18.7 Å². The van der Waals surface area contributed by atoms with Crippen LogP contribution in [0.5, 0.6) is 0 Å². The molecule has 0 aliphatic heterocycles. The summed E-state index contributed by atoms with van der Waals surface area (Å²) < 4.78 is 18.1. The summed E-state index contributed by atoms with van der Waals surface area (Å²) in [6.07, 6.45) is 0.218. The molecule has 0 atom stereocenters. The molecule has 2 rings (SSSR count). The van der Waals surface area contributed by atoms with Crippen LogP contribution >= 0.6 is 23.1 Å². The van der Waals surface area contributed by atoms with E-state index in [9.17, 15) is 14.0 Å². The van der Waals surface area contributed by atoms with E-state index in [2.05, 4.69) is 10.1 Å². The van der Waals surface area contributed by atoms with Crippen molar-refractivity contribution in [3.8, 4) is 0 Å². The lowest BCUT2D eigenvalue weighted by atomic mass is 10.3. The predicted molar refractivity (Wildman–Crippen MR) is 86.0 cm³/mol. The summed E-state index contributed by atoms with van der Waals surface area (Å²) in [6.45, 7) is 0. The minimum absolute atomic E-state index is 0.218. The molecular formula is C15H14FNO3S2. The minimum Gasteiger partial charge on any atom is -0.465 e. The lowest BCUT2D eigenvalue weighted by Crippen LogP contribution is -2.14. The smallest absolute Gasteiger partial charge is 0.350 e. The number of hydrogen-bond acceptors (Lipinski definition) is 5. The van der Waals surface area contributed by atoms with Gasteiger partial charge in [-0.2, -0.15) is 0 Å². The molecule has 1 aromatic heterocycles. The Bertz CT molecular complexity index is 672. The van der Waals surface area contributed by atoms with Crippen LogP contribution in [-0.4, -0.2) is 24.7 Å². The van der Waals surface area contributed by atoms with Gasteiger partial charge in [-0.25, -0.2) is 9.18 Å². The van der Waals surface area contributed by atoms with E-state index in [4.69, 9.17) is 0 Å². The van der Waals surface area contributed by atoms with E-state index >= 15 is 0 Å². The zero-order chi connectivity index (χ0) is 15.9. The third kappa shape index (κ3) is 4.32. The van der Waals surface area contributed by atoms with Crippen LogP contribution in [-0.2, 0) is 9.53 Å². The molecular weight excluding hydrogens is 325 g/mol. The van der Waals surface area contributed by atoms with Gasteiger partial charge in [0.05, 0.1) is 12.8 Å². The molecule has 7 heteroatoms. The number of amides is 1. The van der Waals surface area contributed by atoms with Gasteiger partial charge < -0.3 is 10.1 Å². The van der Waals surface area contributed by atoms with E-state index < -0.39 is 5.97 Å². The number of thioether (sulfide) groups is 1. The summed E-state index contributed by atoms with van der Waals surface area (Å²) in [4.78, 5) is 24.3. The zero-order valence-corrected chi connectivity index (χ0v) is 13.4. The lowest BCUT2D eigenvalue weighted by Gasteiger charge is -2.06. The molecule has 1 amide bonds. The summed E-state index contributed by atoms with van der Waals surface area (Å²) in [5.41, 5.74) is 0.442. The summed E-state index contributed by atoms with van der Waals surface area (Å²) in [6, 6.07) is 8.08. The molecule has 22 heavy (non-hydrogen) atoms. The van der Waals surface area contributed by atoms with Crippen LogP contribution in [0.2, 0.25) is 0 Å². The second-order valence-electron chi connectivity index (χ2n) is 4.23. The molecule has 0 saturated carbocycles. The Morgan fingerprint density at radius 1 is 1.32 bits per heavy atom. The Morgan fingerprint density at radius 3 is 2.82 bits per heavy atom. The number of methoxy groups -OCH3 is 1. The van der Waals surface area contributed by atoms with Gasteiger partial charge in [-0.3, -0.25) is 4.79 Å². The van der Waals surface area contributed by atoms with Crippen LogP contribution < -0.4 is 5.32 Å². The van der Waals surface area contributed by atoms with Crippen molar-refractivity contribution in [1.29, 1.82) is 0 Å². The molecule has 0 spiro atoms. The monoisotopic (exact) mass is 339 g/mol. The number of rotatable bonds is 6. The molecule has 1 heterocycles. The third-order valence-electron chi connectivity index (χ3n) is 2.73.